The number of nitrogens with zero attached hydrogens (tertiary/aromatic N) is 5. The molecule has 3 heterocycles. The van der Waals surface area contributed by atoms with Crippen LogP contribution >= 0.6 is 11.8 Å². The normalized spacial score (nSPS) is 23.2. The number of benzene rings is 1. The maximum Gasteiger partial charge on any atom is 0.339 e. The van der Waals surface area contributed by atoms with Crippen molar-refractivity contribution in [2.24, 2.45) is 12.5 Å². The number of methoxy groups -OCH3 is 1. The highest BCUT2D eigenvalue weighted by molar-refractivity contribution is 7.99. The summed E-state index contributed by atoms with van der Waals surface area (Å²) >= 11 is 1.05. The molecule has 192 valence electrons. The number of esters is 1. The molecule has 2 aliphatic heterocycles. The van der Waals surface area contributed by atoms with Crippen molar-refractivity contribution >= 4 is 39.3 Å². The Kier molecular flexibility index (Phi) is 6.79. The molecule has 2 aliphatic rings. The van der Waals surface area contributed by atoms with Gasteiger partial charge in [0, 0.05) is 30.9 Å². The fourth-order valence-corrected chi connectivity index (χ4v) is 7.05. The van der Waals surface area contributed by atoms with Crippen molar-refractivity contribution in [1.82, 2.24) is 25.1 Å². The van der Waals surface area contributed by atoms with E-state index in [9.17, 15) is 22.8 Å². The molecule has 1 fully saturated rings. The number of ketones is 1. The number of carbonyl (C=O) groups excluding carboxylic acids is 3. The van der Waals surface area contributed by atoms with E-state index in [4.69, 9.17) is 9.47 Å². The summed E-state index contributed by atoms with van der Waals surface area (Å²) in [6, 6.07) is 7.90. The van der Waals surface area contributed by atoms with Gasteiger partial charge in [-0.05, 0) is 22.6 Å². The number of Topliss-reactive ketones (excluding diaryl/α,β-unsaturated/α-hetero) is 1. The molecule has 36 heavy (non-hydrogen) atoms. The molecule has 4 rings (SSSR count). The molecule has 12 nitrogen and oxygen atoms in total. The molecule has 1 saturated heterocycles. The van der Waals surface area contributed by atoms with Gasteiger partial charge in [-0.15, -0.1) is 5.10 Å². The molecule has 3 atom stereocenters. The fraction of sp³-hybridized carbons (Fsp3) is 0.455. The summed E-state index contributed by atoms with van der Waals surface area (Å²) < 4.78 is 39.6. The monoisotopic (exact) mass is 535 g/mol. The molecule has 0 N–H and O–H groups in total. The van der Waals surface area contributed by atoms with Gasteiger partial charge >= 0.3 is 5.97 Å². The minimum absolute atomic E-state index is 0.0358. The molecule has 0 saturated carbocycles. The Morgan fingerprint density at radius 3 is 2.39 bits per heavy atom. The van der Waals surface area contributed by atoms with Crippen molar-refractivity contribution < 1.29 is 32.3 Å². The van der Waals surface area contributed by atoms with Gasteiger partial charge in [-0.3, -0.25) is 14.5 Å². The van der Waals surface area contributed by atoms with Gasteiger partial charge in [-0.2, -0.15) is 0 Å². The highest BCUT2D eigenvalue weighted by atomic mass is 32.2. The first-order valence-corrected chi connectivity index (χ1v) is 13.5. The van der Waals surface area contributed by atoms with E-state index in [1.165, 1.54) is 23.9 Å². The number of hydrogen-bond donors (Lipinski definition) is 0. The van der Waals surface area contributed by atoms with Crippen molar-refractivity contribution in [1.29, 1.82) is 0 Å². The summed E-state index contributed by atoms with van der Waals surface area (Å²) in [5, 5.41) is 10.0. The van der Waals surface area contributed by atoms with Crippen molar-refractivity contribution in [3.05, 3.63) is 47.2 Å². The van der Waals surface area contributed by atoms with Crippen molar-refractivity contribution in [3.63, 3.8) is 0 Å². The summed E-state index contributed by atoms with van der Waals surface area (Å²) in [5.74, 6) is -2.15. The topological polar surface area (TPSA) is 151 Å². The second-order valence-electron chi connectivity index (χ2n) is 9.27. The van der Waals surface area contributed by atoms with E-state index in [0.29, 0.717) is 5.16 Å². The summed E-state index contributed by atoms with van der Waals surface area (Å²) in [6.07, 6.45) is -1.33. The van der Waals surface area contributed by atoms with Gasteiger partial charge < -0.3 is 9.47 Å². The van der Waals surface area contributed by atoms with Gasteiger partial charge in [0.15, 0.2) is 17.3 Å². The zero-order valence-corrected chi connectivity index (χ0v) is 21.9. The van der Waals surface area contributed by atoms with Gasteiger partial charge in [0.25, 0.3) is 5.91 Å². The van der Waals surface area contributed by atoms with Crippen LogP contribution in [-0.2, 0) is 35.9 Å². The number of hydrogen-bond acceptors (Lipinski definition) is 11. The first-order valence-electron chi connectivity index (χ1n) is 10.9. The third-order valence-electron chi connectivity index (χ3n) is 5.77. The highest BCUT2D eigenvalue weighted by Gasteiger charge is 2.64. The molecule has 1 amide bonds. The number of ether oxygens (including phenoxy) is 2. The molecule has 0 spiro atoms. The van der Waals surface area contributed by atoms with E-state index in [-0.39, 0.29) is 22.6 Å². The Labute approximate surface area is 211 Å². The Bertz CT molecular complexity index is 1350. The number of rotatable bonds is 7. The van der Waals surface area contributed by atoms with Crippen LogP contribution in [0.15, 0.2) is 46.8 Å². The predicted octanol–water partition coefficient (Wildman–Crippen LogP) is 0.966. The van der Waals surface area contributed by atoms with E-state index in [2.05, 4.69) is 15.5 Å². The van der Waals surface area contributed by atoms with Crippen LogP contribution in [0.4, 0.5) is 0 Å². The van der Waals surface area contributed by atoms with Gasteiger partial charge in [-0.25, -0.2) is 17.9 Å². The first-order chi connectivity index (χ1) is 16.9. The van der Waals surface area contributed by atoms with Gasteiger partial charge in [0.1, 0.15) is 0 Å². The standard InChI is InChI=1S/C22H25N5O7S2/c1-22(2,3)16(28)14-13(11-35-21-23-24-25-26(21)4)20(34-19(30)12-9-7-6-8-10-12)36(31,32)18-15(33-5)17(29)27(14)18/h6-10,15,18,20H,11H2,1-5H3/t15-,18-,20?/m0/s1. The maximum absolute atomic E-state index is 13.8. The Morgan fingerprint density at radius 2 is 1.83 bits per heavy atom. The van der Waals surface area contributed by atoms with Crippen molar-refractivity contribution in [2.75, 3.05) is 12.9 Å². The highest BCUT2D eigenvalue weighted by Crippen LogP contribution is 2.45. The molecule has 2 aromatic rings. The van der Waals surface area contributed by atoms with Crippen LogP contribution in [0.1, 0.15) is 31.1 Å². The maximum atomic E-state index is 13.8. The van der Waals surface area contributed by atoms with Gasteiger partial charge in [0.2, 0.25) is 20.4 Å². The smallest absolute Gasteiger partial charge is 0.339 e. The Balaban J connectivity index is 1.88. The molecule has 0 aliphatic carbocycles. The van der Waals surface area contributed by atoms with Gasteiger partial charge in [0.05, 0.1) is 11.3 Å². The number of allylic oxidation sites excluding steroid dienone is 1. The number of thioether (sulfide) groups is 1. The minimum atomic E-state index is -4.37. The number of aryl methyl sites for hydroxylation is 1. The largest absolute Gasteiger partial charge is 0.437 e. The zero-order chi connectivity index (χ0) is 26.4. The lowest BCUT2D eigenvalue weighted by atomic mass is 9.85. The van der Waals surface area contributed by atoms with Gasteiger partial charge in [-0.1, -0.05) is 50.7 Å². The summed E-state index contributed by atoms with van der Waals surface area (Å²) in [5.41, 5.74) is -2.82. The average molecular weight is 536 g/mol. The molecule has 1 aromatic heterocycles. The summed E-state index contributed by atoms with van der Waals surface area (Å²) in [4.78, 5) is 40.5. The van der Waals surface area contributed by atoms with Crippen molar-refractivity contribution in [3.8, 4) is 0 Å². The molecule has 0 bridgehead atoms. The lowest BCUT2D eigenvalue weighted by Crippen LogP contribution is -2.72. The van der Waals surface area contributed by atoms with Crippen molar-refractivity contribution in [2.45, 2.75) is 42.8 Å². The SMILES string of the molecule is CO[C@H]1C(=O)N2C(C(=O)C(C)(C)C)=C(CSc3nnnn3C)C(OC(=O)c3ccccc3)S(=O)(=O)[C@@H]12. The number of fused-ring (bicyclic) bond motifs is 1. The second-order valence-corrected chi connectivity index (χ2v) is 12.3. The molecule has 1 unspecified atom stereocenters. The van der Waals surface area contributed by atoms with Crippen LogP contribution in [0, 0.1) is 5.41 Å². The number of sulfone groups is 1. The number of aromatic nitrogens is 4. The molecule has 0 radical (unpaired) electrons. The van der Waals surface area contributed by atoms with Crippen LogP contribution in [0.3, 0.4) is 0 Å². The van der Waals surface area contributed by atoms with Crippen LogP contribution in [0.25, 0.3) is 0 Å². The Morgan fingerprint density at radius 1 is 1.17 bits per heavy atom. The first kappa shape index (κ1) is 26.0. The third kappa shape index (κ3) is 4.33. The van der Waals surface area contributed by atoms with E-state index < -0.39 is 49.8 Å². The molecule has 14 heteroatoms. The number of tetrazole rings is 1. The lowest BCUT2D eigenvalue weighted by molar-refractivity contribution is -0.161. The molecular formula is C22H25N5O7S2. The molecular weight excluding hydrogens is 510 g/mol. The van der Waals surface area contributed by atoms with E-state index >= 15 is 0 Å². The van der Waals surface area contributed by atoms with E-state index in [1.54, 1.807) is 46.0 Å². The third-order valence-corrected chi connectivity index (χ3v) is 8.94. The summed E-state index contributed by atoms with van der Waals surface area (Å²) in [7, 11) is -1.56. The zero-order valence-electron chi connectivity index (χ0n) is 20.2. The number of β-lactam (4-membered cyclic amide) rings is 1. The van der Waals surface area contributed by atoms with Crippen LogP contribution in [0.5, 0.6) is 0 Å². The van der Waals surface area contributed by atoms with Crippen LogP contribution < -0.4 is 0 Å². The average Bonchev–Trinajstić information content (AvgIpc) is 3.23. The summed E-state index contributed by atoms with van der Waals surface area (Å²) in [6.45, 7) is 4.96. The lowest BCUT2D eigenvalue weighted by Gasteiger charge is -2.51. The van der Waals surface area contributed by atoms with Crippen LogP contribution in [-0.4, -0.2) is 81.0 Å². The predicted molar refractivity (Wildman–Crippen MR) is 127 cm³/mol. The van der Waals surface area contributed by atoms with Crippen LogP contribution in [0.2, 0.25) is 0 Å². The number of carbonyl (C=O) groups is 3. The van der Waals surface area contributed by atoms with E-state index in [1.807, 2.05) is 0 Å². The quantitative estimate of drug-likeness (QED) is 0.283. The van der Waals surface area contributed by atoms with E-state index in [0.717, 1.165) is 16.7 Å². The molecule has 1 aromatic carbocycles. The second kappa shape index (κ2) is 9.41. The minimum Gasteiger partial charge on any atom is -0.437 e. The number of amides is 1. The fourth-order valence-electron chi connectivity index (χ4n) is 3.91. The Hall–Kier alpha value is -3.10.